The van der Waals surface area contributed by atoms with Crippen LogP contribution in [0.1, 0.15) is 19.4 Å². The number of ether oxygens (including phenoxy) is 1. The van der Waals surface area contributed by atoms with Crippen LogP contribution >= 0.6 is 0 Å². The molecule has 0 aliphatic carbocycles. The van der Waals surface area contributed by atoms with Crippen molar-refractivity contribution in [1.82, 2.24) is 0 Å². The minimum Gasteiger partial charge on any atom is -0.450 e. The van der Waals surface area contributed by atoms with E-state index in [4.69, 9.17) is 4.74 Å². The first-order valence-corrected chi connectivity index (χ1v) is 4.70. The van der Waals surface area contributed by atoms with Gasteiger partial charge in [0.25, 0.3) is 0 Å². The van der Waals surface area contributed by atoms with E-state index in [1.807, 2.05) is 37.3 Å². The minimum absolute atomic E-state index is 0.326. The Kier molecular flexibility index (Phi) is 3.48. The Morgan fingerprint density at radius 2 is 2.07 bits per heavy atom. The molecule has 78 valence electrons. The maximum Gasteiger partial charge on any atom is 0.303 e. The molecule has 2 nitrogen and oxygen atoms in total. The summed E-state index contributed by atoms with van der Waals surface area (Å²) in [6, 6.07) is 9.50. The van der Waals surface area contributed by atoms with Gasteiger partial charge < -0.3 is 4.74 Å². The van der Waals surface area contributed by atoms with Crippen LogP contribution in [0.3, 0.4) is 0 Å². The Morgan fingerprint density at radius 1 is 1.47 bits per heavy atom. The molecule has 0 bridgehead atoms. The zero-order valence-corrected chi connectivity index (χ0v) is 8.99. The first kappa shape index (κ1) is 11.3. The molecule has 0 N–H and O–H groups in total. The second-order valence-electron chi connectivity index (χ2n) is 3.42. The average Bonchev–Trinajstić information content (AvgIpc) is 2.18. The Hall–Kier alpha value is -1.79. The lowest BCUT2D eigenvalue weighted by molar-refractivity contribution is -0.151. The minimum atomic E-state index is -0.783. The van der Waals surface area contributed by atoms with Gasteiger partial charge in [-0.15, -0.1) is 5.73 Å². The molecule has 0 aromatic heterocycles. The van der Waals surface area contributed by atoms with Crippen LogP contribution in [0.2, 0.25) is 0 Å². The van der Waals surface area contributed by atoms with Crippen LogP contribution in [0.15, 0.2) is 48.7 Å². The zero-order valence-electron chi connectivity index (χ0n) is 8.99. The number of benzene rings is 1. The van der Waals surface area contributed by atoms with Gasteiger partial charge in [-0.25, -0.2) is 0 Å². The Labute approximate surface area is 89.9 Å². The van der Waals surface area contributed by atoms with Gasteiger partial charge >= 0.3 is 5.97 Å². The van der Waals surface area contributed by atoms with Gasteiger partial charge in [-0.05, 0) is 12.5 Å². The SMILES string of the molecule is C=C=CC(C)(OC(C)=O)c1ccccc1. The Morgan fingerprint density at radius 3 is 2.53 bits per heavy atom. The highest BCUT2D eigenvalue weighted by Gasteiger charge is 2.26. The molecule has 2 heteroatoms. The number of hydrogen-bond donors (Lipinski definition) is 0. The lowest BCUT2D eigenvalue weighted by atomic mass is 9.96. The number of esters is 1. The molecule has 0 saturated heterocycles. The van der Waals surface area contributed by atoms with Crippen molar-refractivity contribution in [3.63, 3.8) is 0 Å². The van der Waals surface area contributed by atoms with Crippen LogP contribution in [-0.4, -0.2) is 5.97 Å². The van der Waals surface area contributed by atoms with Crippen LogP contribution < -0.4 is 0 Å². The van der Waals surface area contributed by atoms with E-state index in [9.17, 15) is 4.79 Å². The van der Waals surface area contributed by atoms with Crippen molar-refractivity contribution in [2.45, 2.75) is 19.4 Å². The molecule has 0 radical (unpaired) electrons. The maximum atomic E-state index is 11.0. The molecular formula is C13H14O2. The van der Waals surface area contributed by atoms with E-state index in [1.54, 1.807) is 6.08 Å². The summed E-state index contributed by atoms with van der Waals surface area (Å²) in [5.74, 6) is -0.326. The fourth-order valence-corrected chi connectivity index (χ4v) is 1.43. The zero-order chi connectivity index (χ0) is 11.3. The van der Waals surface area contributed by atoms with E-state index in [0.29, 0.717) is 0 Å². The van der Waals surface area contributed by atoms with Gasteiger partial charge in [0.15, 0.2) is 5.60 Å². The largest absolute Gasteiger partial charge is 0.450 e. The van der Waals surface area contributed by atoms with Gasteiger partial charge in [0.05, 0.1) is 0 Å². The number of carbonyl (C=O) groups excluding carboxylic acids is 1. The molecule has 0 aliphatic rings. The van der Waals surface area contributed by atoms with Gasteiger partial charge in [-0.1, -0.05) is 36.9 Å². The van der Waals surface area contributed by atoms with E-state index in [0.717, 1.165) is 5.56 Å². The maximum absolute atomic E-state index is 11.0. The average molecular weight is 202 g/mol. The molecular weight excluding hydrogens is 188 g/mol. The summed E-state index contributed by atoms with van der Waals surface area (Å²) in [4.78, 5) is 11.0. The molecule has 0 fully saturated rings. The number of rotatable bonds is 3. The summed E-state index contributed by atoms with van der Waals surface area (Å²) >= 11 is 0. The topological polar surface area (TPSA) is 26.3 Å². The lowest BCUT2D eigenvalue weighted by Crippen LogP contribution is -2.25. The molecule has 1 atom stereocenters. The van der Waals surface area contributed by atoms with E-state index in [2.05, 4.69) is 12.3 Å². The van der Waals surface area contributed by atoms with Crippen LogP contribution in [-0.2, 0) is 15.1 Å². The van der Waals surface area contributed by atoms with Crippen molar-refractivity contribution in [2.75, 3.05) is 0 Å². The Bertz CT molecular complexity index is 388. The van der Waals surface area contributed by atoms with E-state index in [1.165, 1.54) is 6.92 Å². The highest BCUT2D eigenvalue weighted by molar-refractivity contribution is 5.67. The predicted molar refractivity (Wildman–Crippen MR) is 59.3 cm³/mol. The summed E-state index contributed by atoms with van der Waals surface area (Å²) in [5, 5.41) is 0. The molecule has 0 heterocycles. The fourth-order valence-electron chi connectivity index (χ4n) is 1.43. The van der Waals surface area contributed by atoms with Crippen molar-refractivity contribution < 1.29 is 9.53 Å². The molecule has 0 spiro atoms. The fraction of sp³-hybridized carbons (Fsp3) is 0.231. The standard InChI is InChI=1S/C13H14O2/c1-4-10-13(3,15-11(2)14)12-8-6-5-7-9-12/h5-10H,1H2,2-3H3. The normalized spacial score (nSPS) is 13.5. The van der Waals surface area contributed by atoms with E-state index >= 15 is 0 Å². The molecule has 1 unspecified atom stereocenters. The monoisotopic (exact) mass is 202 g/mol. The first-order valence-electron chi connectivity index (χ1n) is 4.70. The van der Waals surface area contributed by atoms with Crippen molar-refractivity contribution in [2.24, 2.45) is 0 Å². The smallest absolute Gasteiger partial charge is 0.303 e. The summed E-state index contributed by atoms with van der Waals surface area (Å²) < 4.78 is 5.27. The van der Waals surface area contributed by atoms with E-state index < -0.39 is 5.60 Å². The summed E-state index contributed by atoms with van der Waals surface area (Å²) in [6.45, 7) is 6.70. The highest BCUT2D eigenvalue weighted by atomic mass is 16.6. The first-order chi connectivity index (χ1) is 7.08. The van der Waals surface area contributed by atoms with Crippen molar-refractivity contribution in [1.29, 1.82) is 0 Å². The van der Waals surface area contributed by atoms with Gasteiger partial charge in [-0.2, -0.15) is 0 Å². The number of hydrogen-bond acceptors (Lipinski definition) is 2. The third-order valence-electron chi connectivity index (χ3n) is 2.08. The van der Waals surface area contributed by atoms with Gasteiger partial charge in [0.1, 0.15) is 0 Å². The van der Waals surface area contributed by atoms with Crippen molar-refractivity contribution >= 4 is 5.97 Å². The molecule has 0 aliphatic heterocycles. The van der Waals surface area contributed by atoms with Crippen LogP contribution in [0, 0.1) is 0 Å². The second-order valence-corrected chi connectivity index (χ2v) is 3.42. The van der Waals surface area contributed by atoms with Gasteiger partial charge in [0, 0.05) is 13.0 Å². The van der Waals surface area contributed by atoms with Crippen molar-refractivity contribution in [3.05, 3.63) is 54.3 Å². The van der Waals surface area contributed by atoms with E-state index in [-0.39, 0.29) is 5.97 Å². The summed E-state index contributed by atoms with van der Waals surface area (Å²) in [7, 11) is 0. The quantitative estimate of drug-likeness (QED) is 0.556. The molecule has 0 amide bonds. The third-order valence-corrected chi connectivity index (χ3v) is 2.08. The molecule has 0 saturated carbocycles. The molecule has 15 heavy (non-hydrogen) atoms. The van der Waals surface area contributed by atoms with Crippen LogP contribution in [0.25, 0.3) is 0 Å². The van der Waals surface area contributed by atoms with Gasteiger partial charge in [-0.3, -0.25) is 4.79 Å². The summed E-state index contributed by atoms with van der Waals surface area (Å²) in [6.07, 6.45) is 1.64. The van der Waals surface area contributed by atoms with Crippen LogP contribution in [0.4, 0.5) is 0 Å². The van der Waals surface area contributed by atoms with Gasteiger partial charge in [0.2, 0.25) is 0 Å². The lowest BCUT2D eigenvalue weighted by Gasteiger charge is -2.25. The van der Waals surface area contributed by atoms with Crippen molar-refractivity contribution in [3.8, 4) is 0 Å². The second kappa shape index (κ2) is 4.63. The third kappa shape index (κ3) is 2.83. The number of carbonyl (C=O) groups is 1. The molecule has 1 aromatic rings. The Balaban J connectivity index is 3.12. The molecule has 1 rings (SSSR count). The molecule has 1 aromatic carbocycles. The highest BCUT2D eigenvalue weighted by Crippen LogP contribution is 2.26. The predicted octanol–water partition coefficient (Wildman–Crippen LogP) is 2.81. The summed E-state index contributed by atoms with van der Waals surface area (Å²) in [5.41, 5.74) is 2.78. The van der Waals surface area contributed by atoms with Crippen LogP contribution in [0.5, 0.6) is 0 Å².